The van der Waals surface area contributed by atoms with E-state index in [9.17, 15) is 0 Å². The van der Waals surface area contributed by atoms with Crippen LogP contribution in [0.25, 0.3) is 20.4 Å². The number of hydrogen-bond donors (Lipinski definition) is 0. The summed E-state index contributed by atoms with van der Waals surface area (Å²) in [6, 6.07) is 4.71. The molecule has 0 aliphatic rings. The van der Waals surface area contributed by atoms with E-state index in [1.807, 2.05) is 22.7 Å². The highest BCUT2D eigenvalue weighted by molar-refractivity contribution is 7.27. The predicted octanol–water partition coefficient (Wildman–Crippen LogP) is 5.72. The smallest absolute Gasteiger partial charge is 0.0703 e. The fourth-order valence-electron chi connectivity index (χ4n) is 2.62. The van der Waals surface area contributed by atoms with Crippen LogP contribution in [0.3, 0.4) is 0 Å². The van der Waals surface area contributed by atoms with E-state index in [4.69, 9.17) is 0 Å². The lowest BCUT2D eigenvalue weighted by Crippen LogP contribution is -1.96. The molecule has 0 N–H and O–H groups in total. The fourth-order valence-corrected chi connectivity index (χ4v) is 4.80. The second kappa shape index (κ2) is 4.71. The molecule has 0 unspecified atom stereocenters. The number of fused-ring (bicyclic) bond motifs is 3. The molecule has 0 amide bonds. The summed E-state index contributed by atoms with van der Waals surface area (Å²) in [6.45, 7) is 7.87. The van der Waals surface area contributed by atoms with Gasteiger partial charge in [-0.3, -0.25) is 0 Å². The Balaban J connectivity index is 2.15. The Morgan fingerprint density at radius 1 is 0.944 bits per heavy atom. The highest BCUT2D eigenvalue weighted by Gasteiger charge is 2.15. The first kappa shape index (κ1) is 12.2. The van der Waals surface area contributed by atoms with Crippen LogP contribution in [-0.2, 0) is 6.54 Å². The van der Waals surface area contributed by atoms with Crippen LogP contribution in [0.15, 0.2) is 12.1 Å². The van der Waals surface area contributed by atoms with Crippen LogP contribution in [0, 0.1) is 13.8 Å². The van der Waals surface area contributed by atoms with Gasteiger partial charge in [0, 0.05) is 16.3 Å². The molecule has 3 rings (SSSR count). The molecule has 0 spiro atoms. The van der Waals surface area contributed by atoms with Gasteiger partial charge in [0.05, 0.1) is 20.4 Å². The molecular formula is C15H19NS2. The number of rotatable bonds is 4. The third-order valence-electron chi connectivity index (χ3n) is 3.44. The summed E-state index contributed by atoms with van der Waals surface area (Å²) in [5, 5.41) is 0. The van der Waals surface area contributed by atoms with Gasteiger partial charge in [0.25, 0.3) is 0 Å². The Bertz CT molecular complexity index is 630. The highest BCUT2D eigenvalue weighted by atomic mass is 32.1. The van der Waals surface area contributed by atoms with Crippen molar-refractivity contribution < 1.29 is 0 Å². The first-order valence-corrected chi connectivity index (χ1v) is 8.32. The second-order valence-corrected chi connectivity index (χ2v) is 7.51. The van der Waals surface area contributed by atoms with Crippen molar-refractivity contribution in [1.29, 1.82) is 0 Å². The van der Waals surface area contributed by atoms with E-state index in [1.165, 1.54) is 56.0 Å². The van der Waals surface area contributed by atoms with Gasteiger partial charge in [0.2, 0.25) is 0 Å². The minimum atomic E-state index is 1.17. The third-order valence-corrected chi connectivity index (χ3v) is 5.69. The molecule has 96 valence electrons. The molecule has 0 saturated heterocycles. The second-order valence-electron chi connectivity index (χ2n) is 5.00. The Kier molecular flexibility index (Phi) is 3.20. The monoisotopic (exact) mass is 277 g/mol. The minimum Gasteiger partial charge on any atom is -0.339 e. The van der Waals surface area contributed by atoms with Crippen LogP contribution in [0.1, 0.15) is 35.9 Å². The molecule has 0 fully saturated rings. The Hall–Kier alpha value is -0.800. The van der Waals surface area contributed by atoms with Crippen LogP contribution >= 0.6 is 22.7 Å². The standard InChI is InChI=1S/C15H19NS2/c1-4-5-6-7-16-12-8-10(2)17-14(12)15-13(16)9-11(3)18-15/h8-9H,4-7H2,1-3H3. The van der Waals surface area contributed by atoms with Crippen LogP contribution in [0.4, 0.5) is 0 Å². The van der Waals surface area contributed by atoms with E-state index in [1.54, 1.807) is 0 Å². The molecule has 3 heterocycles. The lowest BCUT2D eigenvalue weighted by Gasteiger charge is -2.04. The zero-order valence-corrected chi connectivity index (χ0v) is 12.9. The normalized spacial score (nSPS) is 11.9. The molecule has 0 saturated carbocycles. The van der Waals surface area contributed by atoms with Crippen molar-refractivity contribution in [2.75, 3.05) is 0 Å². The van der Waals surface area contributed by atoms with Crippen molar-refractivity contribution in [3.8, 4) is 0 Å². The minimum absolute atomic E-state index is 1.17. The fraction of sp³-hybridized carbons (Fsp3) is 0.467. The van der Waals surface area contributed by atoms with Gasteiger partial charge in [-0.15, -0.1) is 22.7 Å². The van der Waals surface area contributed by atoms with Gasteiger partial charge in [-0.25, -0.2) is 0 Å². The summed E-state index contributed by atoms with van der Waals surface area (Å²) >= 11 is 3.89. The molecular weight excluding hydrogens is 258 g/mol. The van der Waals surface area contributed by atoms with Gasteiger partial charge in [0.1, 0.15) is 0 Å². The highest BCUT2D eigenvalue weighted by Crippen LogP contribution is 2.39. The van der Waals surface area contributed by atoms with Crippen molar-refractivity contribution in [3.63, 3.8) is 0 Å². The number of unbranched alkanes of at least 4 members (excludes halogenated alkanes) is 2. The average molecular weight is 277 g/mol. The van der Waals surface area contributed by atoms with E-state index in [0.29, 0.717) is 0 Å². The van der Waals surface area contributed by atoms with Gasteiger partial charge >= 0.3 is 0 Å². The van der Waals surface area contributed by atoms with Crippen LogP contribution in [0.2, 0.25) is 0 Å². The van der Waals surface area contributed by atoms with E-state index >= 15 is 0 Å². The molecule has 18 heavy (non-hydrogen) atoms. The average Bonchev–Trinajstić information content (AvgIpc) is 2.93. The van der Waals surface area contributed by atoms with Gasteiger partial charge in [-0.05, 0) is 32.4 Å². The summed E-state index contributed by atoms with van der Waals surface area (Å²) < 4.78 is 5.53. The molecule has 0 bridgehead atoms. The Labute approximate surface area is 116 Å². The number of nitrogens with zero attached hydrogens (tertiary/aromatic N) is 1. The number of aromatic nitrogens is 1. The molecule has 0 radical (unpaired) electrons. The van der Waals surface area contributed by atoms with Crippen molar-refractivity contribution in [1.82, 2.24) is 4.57 Å². The maximum Gasteiger partial charge on any atom is 0.0703 e. The van der Waals surface area contributed by atoms with Gasteiger partial charge in [0.15, 0.2) is 0 Å². The zero-order valence-electron chi connectivity index (χ0n) is 11.2. The molecule has 1 nitrogen and oxygen atoms in total. The number of aryl methyl sites for hydroxylation is 3. The SMILES string of the molecule is CCCCCn1c2cc(C)sc2c2sc(C)cc21. The maximum absolute atomic E-state index is 2.54. The molecule has 0 aliphatic carbocycles. The van der Waals surface area contributed by atoms with Crippen LogP contribution in [-0.4, -0.2) is 4.57 Å². The number of hydrogen-bond acceptors (Lipinski definition) is 2. The summed E-state index contributed by atoms with van der Waals surface area (Å²) in [5.41, 5.74) is 2.91. The van der Waals surface area contributed by atoms with E-state index in [-0.39, 0.29) is 0 Å². The molecule has 3 aromatic heterocycles. The molecule has 0 aromatic carbocycles. The topological polar surface area (TPSA) is 4.93 Å². The summed E-state index contributed by atoms with van der Waals surface area (Å²) in [4.78, 5) is 2.86. The van der Waals surface area contributed by atoms with Crippen LogP contribution in [0.5, 0.6) is 0 Å². The van der Waals surface area contributed by atoms with Crippen molar-refractivity contribution in [2.24, 2.45) is 0 Å². The van der Waals surface area contributed by atoms with E-state index < -0.39 is 0 Å². The van der Waals surface area contributed by atoms with Crippen molar-refractivity contribution in [2.45, 2.75) is 46.6 Å². The third kappa shape index (κ3) is 1.90. The molecule has 0 atom stereocenters. The Morgan fingerprint density at radius 3 is 2.00 bits per heavy atom. The van der Waals surface area contributed by atoms with Crippen molar-refractivity contribution >= 4 is 43.1 Å². The molecule has 3 aromatic rings. The van der Waals surface area contributed by atoms with Gasteiger partial charge in [-0.1, -0.05) is 19.8 Å². The zero-order chi connectivity index (χ0) is 12.7. The van der Waals surface area contributed by atoms with Crippen LogP contribution < -0.4 is 0 Å². The maximum atomic E-state index is 2.54. The summed E-state index contributed by atoms with van der Waals surface area (Å²) in [7, 11) is 0. The summed E-state index contributed by atoms with van der Waals surface area (Å²) in [6.07, 6.45) is 3.91. The largest absolute Gasteiger partial charge is 0.339 e. The summed E-state index contributed by atoms with van der Waals surface area (Å²) in [5.74, 6) is 0. The van der Waals surface area contributed by atoms with Gasteiger partial charge in [-0.2, -0.15) is 0 Å². The van der Waals surface area contributed by atoms with E-state index in [2.05, 4.69) is 37.5 Å². The first-order chi connectivity index (χ1) is 8.70. The lowest BCUT2D eigenvalue weighted by atomic mass is 10.2. The first-order valence-electron chi connectivity index (χ1n) is 6.69. The predicted molar refractivity (Wildman–Crippen MR) is 84.2 cm³/mol. The van der Waals surface area contributed by atoms with Gasteiger partial charge < -0.3 is 4.57 Å². The number of thiophene rings is 2. The quantitative estimate of drug-likeness (QED) is 0.537. The van der Waals surface area contributed by atoms with Crippen molar-refractivity contribution in [3.05, 3.63) is 21.9 Å². The lowest BCUT2D eigenvalue weighted by molar-refractivity contribution is 0.628. The van der Waals surface area contributed by atoms with E-state index in [0.717, 1.165) is 0 Å². The molecule has 3 heteroatoms. The molecule has 0 aliphatic heterocycles. The Morgan fingerprint density at radius 2 is 1.50 bits per heavy atom.